The highest BCUT2D eigenvalue weighted by Gasteiger charge is 2.19. The van der Waals surface area contributed by atoms with E-state index in [-0.39, 0.29) is 10.8 Å². The lowest BCUT2D eigenvalue weighted by atomic mass is 10.4. The minimum Gasteiger partial charge on any atom is -0.338 e. The maximum atomic E-state index is 12.5. The molecule has 3 rings (SSSR count). The molecular weight excluding hydrogens is 320 g/mol. The molecular formula is C14H14N4O2S2. The van der Waals surface area contributed by atoms with Crippen LogP contribution in [0.1, 0.15) is 23.9 Å². The van der Waals surface area contributed by atoms with E-state index in [2.05, 4.69) is 21.7 Å². The van der Waals surface area contributed by atoms with Crippen LogP contribution in [-0.2, 0) is 6.54 Å². The molecule has 22 heavy (non-hydrogen) atoms. The molecule has 3 aromatic heterocycles. The lowest BCUT2D eigenvalue weighted by Crippen LogP contribution is -2.22. The van der Waals surface area contributed by atoms with E-state index < -0.39 is 0 Å². The summed E-state index contributed by atoms with van der Waals surface area (Å²) in [6.45, 7) is 7.84. The lowest BCUT2D eigenvalue weighted by Gasteiger charge is -2.12. The molecule has 0 bridgehead atoms. The fraction of sp³-hybridized carbons (Fsp3) is 0.286. The normalized spacial score (nSPS) is 12.6. The zero-order valence-corrected chi connectivity index (χ0v) is 13.8. The van der Waals surface area contributed by atoms with Crippen LogP contribution < -0.4 is 5.56 Å². The molecule has 0 saturated carbocycles. The van der Waals surface area contributed by atoms with Crippen LogP contribution in [0.5, 0.6) is 0 Å². The van der Waals surface area contributed by atoms with E-state index in [4.69, 9.17) is 4.52 Å². The number of aromatic nitrogens is 4. The van der Waals surface area contributed by atoms with Crippen molar-refractivity contribution in [3.05, 3.63) is 46.2 Å². The smallest absolute Gasteiger partial charge is 0.263 e. The molecule has 0 spiro atoms. The number of thioether (sulfide) groups is 1. The van der Waals surface area contributed by atoms with Crippen molar-refractivity contribution in [1.82, 2.24) is 19.7 Å². The topological polar surface area (TPSA) is 73.8 Å². The molecule has 6 nitrogen and oxygen atoms in total. The highest BCUT2D eigenvalue weighted by molar-refractivity contribution is 7.99. The summed E-state index contributed by atoms with van der Waals surface area (Å²) in [6.07, 6.45) is 1.69. The van der Waals surface area contributed by atoms with E-state index in [1.54, 1.807) is 23.6 Å². The van der Waals surface area contributed by atoms with Gasteiger partial charge in [-0.25, -0.2) is 4.98 Å². The SMILES string of the molecule is C=CCn1c(SC(C)c2nc(C)no2)nc2sccc2c1=O. The Labute approximate surface area is 134 Å². The first-order chi connectivity index (χ1) is 10.6. The van der Waals surface area contributed by atoms with Crippen LogP contribution in [0.4, 0.5) is 0 Å². The Morgan fingerprint density at radius 3 is 3.05 bits per heavy atom. The van der Waals surface area contributed by atoms with Crippen LogP contribution in [-0.4, -0.2) is 19.7 Å². The zero-order valence-electron chi connectivity index (χ0n) is 12.1. The zero-order chi connectivity index (χ0) is 15.7. The quantitative estimate of drug-likeness (QED) is 0.405. The average molecular weight is 334 g/mol. The average Bonchev–Trinajstić information content (AvgIpc) is 3.12. The third kappa shape index (κ3) is 2.71. The summed E-state index contributed by atoms with van der Waals surface area (Å²) in [6, 6.07) is 1.80. The van der Waals surface area contributed by atoms with Gasteiger partial charge in [-0.2, -0.15) is 4.98 Å². The van der Waals surface area contributed by atoms with Crippen LogP contribution in [0.25, 0.3) is 10.2 Å². The van der Waals surface area contributed by atoms with Crippen molar-refractivity contribution >= 4 is 33.3 Å². The number of nitrogens with zero attached hydrogens (tertiary/aromatic N) is 4. The Kier molecular flexibility index (Phi) is 4.12. The molecule has 0 aliphatic rings. The summed E-state index contributed by atoms with van der Waals surface area (Å²) in [5.41, 5.74) is -0.0532. The molecule has 0 aromatic carbocycles. The van der Waals surface area contributed by atoms with Gasteiger partial charge in [0.1, 0.15) is 4.83 Å². The fourth-order valence-electron chi connectivity index (χ4n) is 2.00. The molecule has 0 radical (unpaired) electrons. The maximum Gasteiger partial charge on any atom is 0.263 e. The Balaban J connectivity index is 2.03. The summed E-state index contributed by atoms with van der Waals surface area (Å²) in [5.74, 6) is 1.11. The van der Waals surface area contributed by atoms with Crippen molar-refractivity contribution in [2.75, 3.05) is 0 Å². The van der Waals surface area contributed by atoms with Crippen LogP contribution >= 0.6 is 23.1 Å². The molecule has 8 heteroatoms. The van der Waals surface area contributed by atoms with Gasteiger partial charge in [-0.3, -0.25) is 9.36 Å². The van der Waals surface area contributed by atoms with Crippen molar-refractivity contribution in [3.8, 4) is 0 Å². The molecule has 0 N–H and O–H groups in total. The Morgan fingerprint density at radius 2 is 2.36 bits per heavy atom. The van der Waals surface area contributed by atoms with Gasteiger partial charge in [0.15, 0.2) is 11.0 Å². The first-order valence-electron chi connectivity index (χ1n) is 6.66. The van der Waals surface area contributed by atoms with Gasteiger partial charge in [0.05, 0.1) is 10.6 Å². The second-order valence-corrected chi connectivity index (χ2v) is 6.88. The summed E-state index contributed by atoms with van der Waals surface area (Å²) < 4.78 is 6.80. The van der Waals surface area contributed by atoms with Gasteiger partial charge in [-0.05, 0) is 25.3 Å². The van der Waals surface area contributed by atoms with Crippen molar-refractivity contribution < 1.29 is 4.52 Å². The van der Waals surface area contributed by atoms with Gasteiger partial charge in [0, 0.05) is 6.54 Å². The third-order valence-corrected chi connectivity index (χ3v) is 4.92. The first kappa shape index (κ1) is 15.0. The first-order valence-corrected chi connectivity index (χ1v) is 8.42. The molecule has 1 atom stereocenters. The summed E-state index contributed by atoms with van der Waals surface area (Å²) >= 11 is 2.88. The second kappa shape index (κ2) is 6.05. The molecule has 0 aliphatic heterocycles. The predicted octanol–water partition coefficient (Wildman–Crippen LogP) is 3.19. The Hall–Kier alpha value is -1.93. The number of rotatable bonds is 5. The van der Waals surface area contributed by atoms with Crippen molar-refractivity contribution in [2.45, 2.75) is 30.8 Å². The number of hydrogen-bond acceptors (Lipinski definition) is 7. The summed E-state index contributed by atoms with van der Waals surface area (Å²) in [7, 11) is 0. The van der Waals surface area contributed by atoms with Crippen LogP contribution in [0.3, 0.4) is 0 Å². The van der Waals surface area contributed by atoms with Crippen LogP contribution in [0.2, 0.25) is 0 Å². The second-order valence-electron chi connectivity index (χ2n) is 4.68. The van der Waals surface area contributed by atoms with Gasteiger partial charge in [-0.1, -0.05) is 23.0 Å². The minimum absolute atomic E-state index is 0.0532. The molecule has 3 aromatic rings. The molecule has 3 heterocycles. The number of aryl methyl sites for hydroxylation is 1. The Bertz CT molecular complexity index is 880. The van der Waals surface area contributed by atoms with Crippen LogP contribution in [0, 0.1) is 6.92 Å². The third-order valence-electron chi connectivity index (χ3n) is 3.03. The van der Waals surface area contributed by atoms with Gasteiger partial charge in [0.25, 0.3) is 5.56 Å². The molecule has 0 fully saturated rings. The Morgan fingerprint density at radius 1 is 1.55 bits per heavy atom. The van der Waals surface area contributed by atoms with E-state index >= 15 is 0 Å². The van der Waals surface area contributed by atoms with Gasteiger partial charge >= 0.3 is 0 Å². The van der Waals surface area contributed by atoms with E-state index in [1.807, 2.05) is 12.3 Å². The van der Waals surface area contributed by atoms with Crippen LogP contribution in [0.15, 0.2) is 38.6 Å². The summed E-state index contributed by atoms with van der Waals surface area (Å²) in [4.78, 5) is 22.1. The minimum atomic E-state index is -0.0958. The van der Waals surface area contributed by atoms with Gasteiger partial charge < -0.3 is 4.52 Å². The van der Waals surface area contributed by atoms with Crippen molar-refractivity contribution in [2.24, 2.45) is 0 Å². The predicted molar refractivity (Wildman–Crippen MR) is 87.4 cm³/mol. The molecule has 114 valence electrons. The maximum absolute atomic E-state index is 12.5. The fourth-order valence-corrected chi connectivity index (χ4v) is 3.75. The number of hydrogen-bond donors (Lipinski definition) is 0. The number of fused-ring (bicyclic) bond motifs is 1. The monoisotopic (exact) mass is 334 g/mol. The molecule has 0 saturated heterocycles. The largest absolute Gasteiger partial charge is 0.338 e. The van der Waals surface area contributed by atoms with E-state index in [1.165, 1.54) is 23.1 Å². The van der Waals surface area contributed by atoms with Crippen molar-refractivity contribution in [3.63, 3.8) is 0 Å². The van der Waals surface area contributed by atoms with E-state index in [9.17, 15) is 4.79 Å². The lowest BCUT2D eigenvalue weighted by molar-refractivity contribution is 0.376. The number of thiophene rings is 1. The van der Waals surface area contributed by atoms with Crippen molar-refractivity contribution in [1.29, 1.82) is 0 Å². The van der Waals surface area contributed by atoms with Gasteiger partial charge in [0.2, 0.25) is 5.89 Å². The standard InChI is InChI=1S/C14H14N4O2S2/c1-4-6-18-13(19)10-5-7-21-12(10)16-14(18)22-8(2)11-15-9(3)17-20-11/h4-5,7-8H,1,6H2,2-3H3. The molecule has 0 amide bonds. The summed E-state index contributed by atoms with van der Waals surface area (Å²) in [5, 5.41) is 6.84. The molecule has 1 unspecified atom stereocenters. The highest BCUT2D eigenvalue weighted by atomic mass is 32.2. The van der Waals surface area contributed by atoms with E-state index in [0.29, 0.717) is 28.8 Å². The van der Waals surface area contributed by atoms with Gasteiger partial charge in [-0.15, -0.1) is 17.9 Å². The molecule has 0 aliphatic carbocycles. The van der Waals surface area contributed by atoms with E-state index in [0.717, 1.165) is 4.83 Å². The highest BCUT2D eigenvalue weighted by Crippen LogP contribution is 2.33. The number of allylic oxidation sites excluding steroid dienone is 1.